The van der Waals surface area contributed by atoms with Crippen molar-refractivity contribution in [1.82, 2.24) is 0 Å². The van der Waals surface area contributed by atoms with Crippen LogP contribution in [0.3, 0.4) is 0 Å². The van der Waals surface area contributed by atoms with Crippen molar-refractivity contribution in [2.24, 2.45) is 0 Å². The molecule has 0 spiro atoms. The van der Waals surface area contributed by atoms with Crippen LogP contribution >= 0.6 is 0 Å². The van der Waals surface area contributed by atoms with Gasteiger partial charge in [-0.1, -0.05) is 58.2 Å². The molecule has 2 aromatic rings. The van der Waals surface area contributed by atoms with E-state index >= 15 is 0 Å². The third-order valence-electron chi connectivity index (χ3n) is 7.55. The van der Waals surface area contributed by atoms with Crippen molar-refractivity contribution in [1.29, 1.82) is 0 Å². The van der Waals surface area contributed by atoms with E-state index in [2.05, 4.69) is 32.2 Å². The van der Waals surface area contributed by atoms with Crippen molar-refractivity contribution in [2.75, 3.05) is 13.2 Å². The van der Waals surface area contributed by atoms with Gasteiger partial charge in [-0.05, 0) is 43.4 Å². The van der Waals surface area contributed by atoms with Crippen LogP contribution in [0.2, 0.25) is 0 Å². The fraction of sp³-hybridized carbons (Fsp3) is 0.467. The average Bonchev–Trinajstić information content (AvgIpc) is 3.43. The molecule has 6 heteroatoms. The first-order valence-corrected chi connectivity index (χ1v) is 12.9. The number of benzene rings is 2. The zero-order valence-corrected chi connectivity index (χ0v) is 21.5. The van der Waals surface area contributed by atoms with Crippen LogP contribution in [0.25, 0.3) is 10.8 Å². The number of carbonyl (C=O) groups excluding carboxylic acids is 2. The standard InChI is InChI=1S/C30H36O6/c1-6-20(35-24(31)8-3)17-33-28-22-12-10-11-13-23(22)29(34-18-21(7-2)36-25(32)9-4)27-26(28)19-14-15-30(27,5)16-19/h8-13,19-21H,3-4,6-7,14-18H2,1-2,5H3. The van der Waals surface area contributed by atoms with Crippen LogP contribution in [0.4, 0.5) is 0 Å². The lowest BCUT2D eigenvalue weighted by atomic mass is 9.78. The molecule has 4 rings (SSSR count). The Kier molecular flexibility index (Phi) is 7.72. The van der Waals surface area contributed by atoms with Gasteiger partial charge in [-0.3, -0.25) is 0 Å². The SMILES string of the molecule is C=CC(=O)OC(CC)COc1c2c(c(OCC(CC)OC(=O)C=C)c3ccccc13)C1(C)CCC2C1. The zero-order chi connectivity index (χ0) is 25.9. The first-order chi connectivity index (χ1) is 17.3. The minimum absolute atomic E-state index is 0.00353. The highest BCUT2D eigenvalue weighted by Gasteiger charge is 2.50. The van der Waals surface area contributed by atoms with Crippen molar-refractivity contribution in [3.8, 4) is 11.5 Å². The van der Waals surface area contributed by atoms with Gasteiger partial charge in [-0.2, -0.15) is 0 Å². The summed E-state index contributed by atoms with van der Waals surface area (Å²) in [6.45, 7) is 13.8. The van der Waals surface area contributed by atoms with Crippen LogP contribution in [0.5, 0.6) is 11.5 Å². The number of ether oxygens (including phenoxy) is 4. The zero-order valence-electron chi connectivity index (χ0n) is 21.5. The molecule has 36 heavy (non-hydrogen) atoms. The van der Waals surface area contributed by atoms with E-state index in [1.807, 2.05) is 26.0 Å². The molecule has 2 aromatic carbocycles. The summed E-state index contributed by atoms with van der Waals surface area (Å²) >= 11 is 0. The minimum atomic E-state index is -0.446. The summed E-state index contributed by atoms with van der Waals surface area (Å²) in [5.41, 5.74) is 2.41. The second kappa shape index (κ2) is 10.8. The molecule has 1 saturated carbocycles. The minimum Gasteiger partial charge on any atom is -0.489 e. The van der Waals surface area contributed by atoms with Crippen LogP contribution in [-0.4, -0.2) is 37.4 Å². The lowest BCUT2D eigenvalue weighted by molar-refractivity contribution is -0.145. The van der Waals surface area contributed by atoms with Gasteiger partial charge in [0.1, 0.15) is 36.9 Å². The summed E-state index contributed by atoms with van der Waals surface area (Å²) in [6, 6.07) is 8.10. The Balaban J connectivity index is 1.74. The maximum atomic E-state index is 11.8. The monoisotopic (exact) mass is 492 g/mol. The lowest BCUT2D eigenvalue weighted by Gasteiger charge is -2.31. The fourth-order valence-electron chi connectivity index (χ4n) is 5.65. The molecule has 192 valence electrons. The van der Waals surface area contributed by atoms with Crippen LogP contribution < -0.4 is 9.47 Å². The van der Waals surface area contributed by atoms with Gasteiger partial charge in [-0.25, -0.2) is 9.59 Å². The second-order valence-corrected chi connectivity index (χ2v) is 9.96. The first-order valence-electron chi connectivity index (χ1n) is 12.9. The van der Waals surface area contributed by atoms with Crippen molar-refractivity contribution in [3.05, 3.63) is 60.7 Å². The number of hydrogen-bond acceptors (Lipinski definition) is 6. The molecule has 2 aliphatic carbocycles. The summed E-state index contributed by atoms with van der Waals surface area (Å²) in [5.74, 6) is 1.22. The van der Waals surface area contributed by atoms with Crippen molar-refractivity contribution in [3.63, 3.8) is 0 Å². The maximum absolute atomic E-state index is 11.8. The summed E-state index contributed by atoms with van der Waals surface area (Å²) in [4.78, 5) is 23.6. The summed E-state index contributed by atoms with van der Waals surface area (Å²) in [5, 5.41) is 1.95. The molecule has 0 aromatic heterocycles. The molecule has 6 nitrogen and oxygen atoms in total. The van der Waals surface area contributed by atoms with Gasteiger partial charge < -0.3 is 18.9 Å². The normalized spacial score (nSPS) is 21.4. The first kappa shape index (κ1) is 25.8. The van der Waals surface area contributed by atoms with E-state index in [0.29, 0.717) is 18.8 Å². The highest BCUT2D eigenvalue weighted by molar-refractivity contribution is 5.97. The Labute approximate surface area is 213 Å². The molecule has 1 fully saturated rings. The molecule has 0 radical (unpaired) electrons. The van der Waals surface area contributed by atoms with Crippen molar-refractivity contribution >= 4 is 22.7 Å². The van der Waals surface area contributed by atoms with Crippen LogP contribution in [0, 0.1) is 0 Å². The Bertz CT molecular complexity index is 1170. The lowest BCUT2D eigenvalue weighted by Crippen LogP contribution is -2.26. The van der Waals surface area contributed by atoms with Crippen molar-refractivity contribution in [2.45, 2.75) is 76.4 Å². The fourth-order valence-corrected chi connectivity index (χ4v) is 5.65. The third-order valence-corrected chi connectivity index (χ3v) is 7.55. The summed E-state index contributed by atoms with van der Waals surface area (Å²) in [7, 11) is 0. The Morgan fingerprint density at radius 3 is 2.03 bits per heavy atom. The highest BCUT2D eigenvalue weighted by Crippen LogP contribution is 2.64. The number of rotatable bonds is 12. The van der Waals surface area contributed by atoms with Gasteiger partial charge in [-0.15, -0.1) is 0 Å². The summed E-state index contributed by atoms with van der Waals surface area (Å²) in [6.07, 6.45) is 6.17. The van der Waals surface area contributed by atoms with Gasteiger partial charge in [0.15, 0.2) is 0 Å². The maximum Gasteiger partial charge on any atom is 0.330 e. The molecule has 0 N–H and O–H groups in total. The Hall–Kier alpha value is -3.28. The number of carbonyl (C=O) groups is 2. The van der Waals surface area contributed by atoms with Gasteiger partial charge in [0.2, 0.25) is 0 Å². The van der Waals surface area contributed by atoms with E-state index < -0.39 is 11.9 Å². The Morgan fingerprint density at radius 1 is 0.972 bits per heavy atom. The molecule has 0 amide bonds. The molecule has 2 aliphatic rings. The molecule has 0 aliphatic heterocycles. The predicted molar refractivity (Wildman–Crippen MR) is 140 cm³/mol. The smallest absolute Gasteiger partial charge is 0.330 e. The van der Waals surface area contributed by atoms with Crippen molar-refractivity contribution < 1.29 is 28.5 Å². The van der Waals surface area contributed by atoms with Crippen LogP contribution in [-0.2, 0) is 24.5 Å². The van der Waals surface area contributed by atoms with Crippen LogP contribution in [0.15, 0.2) is 49.6 Å². The predicted octanol–water partition coefficient (Wildman–Crippen LogP) is 6.15. The van der Waals surface area contributed by atoms with Gasteiger partial charge in [0.05, 0.1) is 0 Å². The van der Waals surface area contributed by atoms with E-state index in [1.165, 1.54) is 23.3 Å². The molecule has 4 unspecified atom stereocenters. The quantitative estimate of drug-likeness (QED) is 0.261. The number of fused-ring (bicyclic) bond motifs is 6. The van der Waals surface area contributed by atoms with Gasteiger partial charge >= 0.3 is 11.9 Å². The van der Waals surface area contributed by atoms with E-state index in [4.69, 9.17) is 18.9 Å². The number of esters is 2. The highest BCUT2D eigenvalue weighted by atomic mass is 16.6. The van der Waals surface area contributed by atoms with E-state index in [9.17, 15) is 9.59 Å². The van der Waals surface area contributed by atoms with E-state index in [-0.39, 0.29) is 30.8 Å². The molecule has 2 bridgehead atoms. The van der Waals surface area contributed by atoms with E-state index in [1.54, 1.807) is 0 Å². The average molecular weight is 493 g/mol. The summed E-state index contributed by atoms with van der Waals surface area (Å²) < 4.78 is 23.9. The third kappa shape index (κ3) is 4.86. The Morgan fingerprint density at radius 2 is 1.50 bits per heavy atom. The number of hydrogen-bond donors (Lipinski definition) is 0. The van der Waals surface area contributed by atoms with Crippen LogP contribution in [0.1, 0.15) is 69.9 Å². The second-order valence-electron chi connectivity index (χ2n) is 9.96. The largest absolute Gasteiger partial charge is 0.489 e. The molecular weight excluding hydrogens is 456 g/mol. The van der Waals surface area contributed by atoms with Gasteiger partial charge in [0, 0.05) is 34.1 Å². The van der Waals surface area contributed by atoms with E-state index in [0.717, 1.165) is 41.5 Å². The van der Waals surface area contributed by atoms with Gasteiger partial charge in [0.25, 0.3) is 0 Å². The molecular formula is C30H36O6. The molecule has 0 saturated heterocycles. The topological polar surface area (TPSA) is 71.1 Å². The molecule has 0 heterocycles. The molecule has 4 atom stereocenters.